The van der Waals surface area contributed by atoms with E-state index in [1.165, 1.54) is 11.1 Å². The first kappa shape index (κ1) is 24.5. The van der Waals surface area contributed by atoms with Crippen molar-refractivity contribution < 1.29 is 14.3 Å². The van der Waals surface area contributed by atoms with Crippen LogP contribution in [0.3, 0.4) is 0 Å². The Labute approximate surface area is 224 Å². The van der Waals surface area contributed by atoms with E-state index in [9.17, 15) is 9.59 Å². The number of carbonyl (C=O) groups excluding carboxylic acids is 2. The van der Waals surface area contributed by atoms with Crippen LogP contribution in [0, 0.1) is 6.92 Å². The van der Waals surface area contributed by atoms with Gasteiger partial charge in [-0.2, -0.15) is 0 Å². The molecule has 196 valence electrons. The highest BCUT2D eigenvalue weighted by Gasteiger charge is 2.53. The van der Waals surface area contributed by atoms with Crippen molar-refractivity contribution in [3.63, 3.8) is 0 Å². The Morgan fingerprint density at radius 3 is 2.32 bits per heavy atom. The van der Waals surface area contributed by atoms with E-state index < -0.39 is 5.54 Å². The van der Waals surface area contributed by atoms with Gasteiger partial charge in [0.2, 0.25) is 5.91 Å². The second-order valence-electron chi connectivity index (χ2n) is 10.5. The van der Waals surface area contributed by atoms with Crippen LogP contribution in [0.2, 0.25) is 0 Å². The summed E-state index contributed by atoms with van der Waals surface area (Å²) < 4.78 is 5.80. The fraction of sp³-hybridized carbons (Fsp3) is 0.355. The minimum absolute atomic E-state index is 0.0217. The molecular weight excluding hydrogens is 476 g/mol. The van der Waals surface area contributed by atoms with Crippen molar-refractivity contribution in [2.45, 2.75) is 31.8 Å². The molecule has 3 aliphatic rings. The normalized spacial score (nSPS) is 19.1. The second kappa shape index (κ2) is 10.1. The van der Waals surface area contributed by atoms with Crippen LogP contribution < -0.4 is 9.64 Å². The van der Waals surface area contributed by atoms with E-state index in [-0.39, 0.29) is 18.5 Å². The molecule has 2 fully saturated rings. The molecule has 1 spiro atoms. The third-order valence-corrected chi connectivity index (χ3v) is 8.35. The molecule has 0 atom stereocenters. The molecule has 0 bridgehead atoms. The van der Waals surface area contributed by atoms with E-state index in [1.54, 1.807) is 4.90 Å². The summed E-state index contributed by atoms with van der Waals surface area (Å²) in [5.41, 5.74) is 3.58. The number of nitrogens with zero attached hydrogens (tertiary/aromatic N) is 4. The van der Waals surface area contributed by atoms with Gasteiger partial charge in [0.25, 0.3) is 5.91 Å². The standard InChI is InChI=1S/C31H34N4O3/c1-24-9-5-6-10-25(24)21-34-22-35(26-11-3-2-4-12-26)31(30(34)37)15-17-32(18-16-31)19-20-33-23-38-28-14-8-7-13-27(28)29(33)36/h2-14H,15-23H2,1H3. The molecule has 7 heteroatoms. The third kappa shape index (κ3) is 4.41. The number of anilines is 1. The zero-order valence-corrected chi connectivity index (χ0v) is 21.9. The van der Waals surface area contributed by atoms with Crippen molar-refractivity contribution >= 4 is 17.5 Å². The number of benzene rings is 3. The van der Waals surface area contributed by atoms with Crippen molar-refractivity contribution in [3.8, 4) is 5.75 Å². The van der Waals surface area contributed by atoms with Crippen molar-refractivity contribution in [3.05, 3.63) is 95.6 Å². The number of fused-ring (bicyclic) bond motifs is 1. The summed E-state index contributed by atoms with van der Waals surface area (Å²) in [6.07, 6.45) is 1.52. The molecule has 6 rings (SSSR count). The molecular formula is C31H34N4O3. The van der Waals surface area contributed by atoms with Gasteiger partial charge >= 0.3 is 0 Å². The van der Waals surface area contributed by atoms with E-state index in [2.05, 4.69) is 41.0 Å². The zero-order chi connectivity index (χ0) is 26.1. The lowest BCUT2D eigenvalue weighted by Crippen LogP contribution is -2.57. The molecule has 7 nitrogen and oxygen atoms in total. The number of likely N-dealkylation sites (tertiary alicyclic amines) is 1. The Morgan fingerprint density at radius 2 is 1.53 bits per heavy atom. The molecule has 3 aromatic rings. The molecule has 0 aliphatic carbocycles. The number of para-hydroxylation sites is 2. The summed E-state index contributed by atoms with van der Waals surface area (Å²) in [5, 5.41) is 0. The summed E-state index contributed by atoms with van der Waals surface area (Å²) in [5.74, 6) is 0.901. The summed E-state index contributed by atoms with van der Waals surface area (Å²) in [7, 11) is 0. The molecule has 3 aliphatic heterocycles. The highest BCUT2D eigenvalue weighted by molar-refractivity contribution is 5.97. The second-order valence-corrected chi connectivity index (χ2v) is 10.5. The zero-order valence-electron chi connectivity index (χ0n) is 21.9. The number of hydrogen-bond donors (Lipinski definition) is 0. The van der Waals surface area contributed by atoms with E-state index in [1.807, 2.05) is 59.5 Å². The van der Waals surface area contributed by atoms with Crippen molar-refractivity contribution in [1.82, 2.24) is 14.7 Å². The largest absolute Gasteiger partial charge is 0.472 e. The van der Waals surface area contributed by atoms with Crippen molar-refractivity contribution in [2.24, 2.45) is 0 Å². The molecule has 0 N–H and O–H groups in total. The van der Waals surface area contributed by atoms with Gasteiger partial charge in [0.15, 0.2) is 6.73 Å². The predicted molar refractivity (Wildman–Crippen MR) is 147 cm³/mol. The van der Waals surface area contributed by atoms with Crippen LogP contribution in [-0.2, 0) is 11.3 Å². The quantitative estimate of drug-likeness (QED) is 0.499. The number of carbonyl (C=O) groups is 2. The van der Waals surface area contributed by atoms with Crippen molar-refractivity contribution in [1.29, 1.82) is 0 Å². The minimum Gasteiger partial charge on any atom is -0.472 e. The van der Waals surface area contributed by atoms with Gasteiger partial charge in [-0.05, 0) is 55.2 Å². The Morgan fingerprint density at radius 1 is 0.816 bits per heavy atom. The van der Waals surface area contributed by atoms with Gasteiger partial charge in [0.1, 0.15) is 11.3 Å². The molecule has 0 unspecified atom stereocenters. The average Bonchev–Trinajstić information content (AvgIpc) is 3.21. The van der Waals surface area contributed by atoms with E-state index in [0.29, 0.717) is 31.1 Å². The average molecular weight is 511 g/mol. The van der Waals surface area contributed by atoms with Crippen LogP contribution in [0.25, 0.3) is 0 Å². The Balaban J connectivity index is 1.15. The fourth-order valence-electron chi connectivity index (χ4n) is 6.04. The molecule has 3 heterocycles. The summed E-state index contributed by atoms with van der Waals surface area (Å²) in [4.78, 5) is 35.5. The van der Waals surface area contributed by atoms with Crippen LogP contribution in [0.15, 0.2) is 78.9 Å². The maximum Gasteiger partial charge on any atom is 0.260 e. The van der Waals surface area contributed by atoms with Gasteiger partial charge < -0.3 is 24.3 Å². The van der Waals surface area contributed by atoms with Gasteiger partial charge in [-0.15, -0.1) is 0 Å². The Bertz CT molecular complexity index is 1320. The van der Waals surface area contributed by atoms with Crippen molar-refractivity contribution in [2.75, 3.05) is 44.5 Å². The van der Waals surface area contributed by atoms with E-state index in [4.69, 9.17) is 4.74 Å². The third-order valence-electron chi connectivity index (χ3n) is 8.35. The first-order chi connectivity index (χ1) is 18.5. The number of aryl methyl sites for hydroxylation is 1. The van der Waals surface area contributed by atoms with Crippen LogP contribution >= 0.6 is 0 Å². The van der Waals surface area contributed by atoms with Crippen LogP contribution in [0.4, 0.5) is 5.69 Å². The fourth-order valence-corrected chi connectivity index (χ4v) is 6.04. The smallest absolute Gasteiger partial charge is 0.260 e. The SMILES string of the molecule is Cc1ccccc1CN1CN(c2ccccc2)C2(CCN(CCN3COc4ccccc4C3=O)CC2)C1=O. The topological polar surface area (TPSA) is 56.3 Å². The van der Waals surface area contributed by atoms with Gasteiger partial charge in [-0.25, -0.2) is 0 Å². The maximum absolute atomic E-state index is 14.0. The van der Waals surface area contributed by atoms with Crippen LogP contribution in [0.1, 0.15) is 34.3 Å². The minimum atomic E-state index is -0.538. The highest BCUT2D eigenvalue weighted by atomic mass is 16.5. The Hall–Kier alpha value is -3.84. The number of hydrogen-bond acceptors (Lipinski definition) is 5. The van der Waals surface area contributed by atoms with E-state index >= 15 is 0 Å². The van der Waals surface area contributed by atoms with Gasteiger partial charge in [0.05, 0.1) is 12.2 Å². The first-order valence-corrected chi connectivity index (χ1v) is 13.5. The molecule has 0 radical (unpaired) electrons. The molecule has 38 heavy (non-hydrogen) atoms. The highest BCUT2D eigenvalue weighted by Crippen LogP contribution is 2.40. The maximum atomic E-state index is 14.0. The molecule has 3 aromatic carbocycles. The van der Waals surface area contributed by atoms with Crippen LogP contribution in [0.5, 0.6) is 5.75 Å². The molecule has 2 amide bonds. The number of rotatable bonds is 6. The molecule has 0 aromatic heterocycles. The van der Waals surface area contributed by atoms with Crippen LogP contribution in [-0.4, -0.2) is 71.6 Å². The van der Waals surface area contributed by atoms with Gasteiger partial charge in [-0.3, -0.25) is 9.59 Å². The lowest BCUT2D eigenvalue weighted by Gasteiger charge is -2.43. The number of amides is 2. The lowest BCUT2D eigenvalue weighted by atomic mass is 9.85. The number of piperidine rings is 1. The predicted octanol–water partition coefficient (Wildman–Crippen LogP) is 4.13. The summed E-state index contributed by atoms with van der Waals surface area (Å²) >= 11 is 0. The molecule has 2 saturated heterocycles. The first-order valence-electron chi connectivity index (χ1n) is 13.5. The molecule has 0 saturated carbocycles. The van der Waals surface area contributed by atoms with E-state index in [0.717, 1.165) is 38.2 Å². The monoisotopic (exact) mass is 510 g/mol. The summed E-state index contributed by atoms with van der Waals surface area (Å²) in [6.45, 7) is 6.60. The Kier molecular flexibility index (Phi) is 6.54. The lowest BCUT2D eigenvalue weighted by molar-refractivity contribution is -0.134. The van der Waals surface area contributed by atoms with Gasteiger partial charge in [-0.1, -0.05) is 54.6 Å². The summed E-state index contributed by atoms with van der Waals surface area (Å²) in [6, 6.07) is 26.1. The van der Waals surface area contributed by atoms with Gasteiger partial charge in [0, 0.05) is 38.4 Å². The number of ether oxygens (including phenoxy) is 1.